The van der Waals surface area contributed by atoms with Gasteiger partial charge in [0, 0.05) is 32.8 Å². The molecule has 0 saturated heterocycles. The van der Waals surface area contributed by atoms with Crippen molar-refractivity contribution in [2.45, 2.75) is 12.3 Å². The Bertz CT molecular complexity index is 3080. The first kappa shape index (κ1) is 29.9. The Morgan fingerprint density at radius 3 is 1.98 bits per heavy atom. The number of nitrogens with zero attached hydrogens (tertiary/aromatic N) is 2. The van der Waals surface area contributed by atoms with Gasteiger partial charge in [-0.05, 0) is 61.6 Å². The Morgan fingerprint density at radius 2 is 1.13 bits per heavy atom. The first-order valence-electron chi connectivity index (χ1n) is 18.3. The molecule has 9 aromatic carbocycles. The van der Waals surface area contributed by atoms with Gasteiger partial charge in [0.25, 0.3) is 0 Å². The van der Waals surface area contributed by atoms with E-state index >= 15 is 0 Å². The molecule has 0 aliphatic carbocycles. The fraction of sp³-hybridized carbons (Fsp3) is 0.0408. The van der Waals surface area contributed by atoms with E-state index in [-0.39, 0.29) is 12.3 Å². The molecule has 0 fully saturated rings. The number of hydrogen-bond donors (Lipinski definition) is 2. The first-order valence-corrected chi connectivity index (χ1v) is 18.3. The van der Waals surface area contributed by atoms with E-state index < -0.39 is 0 Å². The second-order valence-electron chi connectivity index (χ2n) is 14.0. The molecule has 0 bridgehead atoms. The number of aliphatic imine (C=N–C) groups is 1. The highest BCUT2D eigenvalue weighted by atomic mass is 15.3. The zero-order chi connectivity index (χ0) is 34.9. The molecule has 4 nitrogen and oxygen atoms in total. The Balaban J connectivity index is 1.15. The van der Waals surface area contributed by atoms with Crippen molar-refractivity contribution < 1.29 is 0 Å². The molecule has 10 aromatic rings. The molecule has 250 valence electrons. The maximum Gasteiger partial charge on any atom is 0.131 e. The maximum absolute atomic E-state index is 5.34. The summed E-state index contributed by atoms with van der Waals surface area (Å²) in [4.78, 5) is 5.34. The van der Waals surface area contributed by atoms with E-state index in [1.807, 2.05) is 0 Å². The van der Waals surface area contributed by atoms with E-state index in [4.69, 9.17) is 4.99 Å². The van der Waals surface area contributed by atoms with Crippen molar-refractivity contribution >= 4 is 70.7 Å². The smallest absolute Gasteiger partial charge is 0.131 e. The Morgan fingerprint density at radius 1 is 0.472 bits per heavy atom. The van der Waals surface area contributed by atoms with Gasteiger partial charge in [-0.15, -0.1) is 0 Å². The molecular weight excluding hydrogens is 645 g/mol. The maximum atomic E-state index is 5.34. The van der Waals surface area contributed by atoms with Crippen molar-refractivity contribution in [3.63, 3.8) is 0 Å². The van der Waals surface area contributed by atoms with Crippen LogP contribution in [0.15, 0.2) is 187 Å². The van der Waals surface area contributed by atoms with Gasteiger partial charge >= 0.3 is 0 Å². The van der Waals surface area contributed by atoms with E-state index in [9.17, 15) is 0 Å². The van der Waals surface area contributed by atoms with Gasteiger partial charge in [0.15, 0.2) is 0 Å². The van der Waals surface area contributed by atoms with E-state index in [1.165, 1.54) is 70.5 Å². The molecule has 0 amide bonds. The number of benzene rings is 9. The fourth-order valence-electron chi connectivity index (χ4n) is 8.67. The second-order valence-corrected chi connectivity index (χ2v) is 14.0. The lowest BCUT2D eigenvalue weighted by Crippen LogP contribution is -2.45. The lowest BCUT2D eigenvalue weighted by Gasteiger charge is -2.33. The number of nitrogens with one attached hydrogen (secondary N) is 2. The predicted molar refractivity (Wildman–Crippen MR) is 222 cm³/mol. The van der Waals surface area contributed by atoms with Gasteiger partial charge in [0.1, 0.15) is 18.2 Å². The van der Waals surface area contributed by atoms with Crippen LogP contribution in [0.3, 0.4) is 0 Å². The molecule has 1 aliphatic rings. The van der Waals surface area contributed by atoms with Gasteiger partial charge in [0.05, 0.1) is 11.0 Å². The largest absolute Gasteiger partial charge is 0.350 e. The highest BCUT2D eigenvalue weighted by molar-refractivity contribution is 6.36. The molecule has 1 aliphatic heterocycles. The van der Waals surface area contributed by atoms with Crippen LogP contribution in [-0.4, -0.2) is 10.4 Å². The molecular formula is C49H34N4. The average Bonchev–Trinajstić information content (AvgIpc) is 3.59. The predicted octanol–water partition coefficient (Wildman–Crippen LogP) is 11.7. The third kappa shape index (κ3) is 4.70. The van der Waals surface area contributed by atoms with Crippen LogP contribution in [0.1, 0.15) is 29.0 Å². The van der Waals surface area contributed by atoms with Crippen LogP contribution in [0.4, 0.5) is 0 Å². The van der Waals surface area contributed by atoms with Crippen molar-refractivity contribution in [1.82, 2.24) is 15.2 Å². The minimum atomic E-state index is -0.287. The number of para-hydroxylation sites is 1. The van der Waals surface area contributed by atoms with Crippen molar-refractivity contribution in [2.75, 3.05) is 0 Å². The standard InChI is InChI=1S/C49H34N4/c1-2-16-33(17-3-1)47-50-48(52-49(51-47)41-26-13-18-31-14-4-6-21-36(31)41)34-19-12-20-35(30-34)53-43-27-11-10-25-42(43)45-44-37-22-7-5-15-32(37)28-29-39(44)38-23-8-9-24-40(38)46(45)53/h1-30,48-49,52H,(H,50,51). The van der Waals surface area contributed by atoms with Crippen molar-refractivity contribution in [1.29, 1.82) is 0 Å². The number of aromatic nitrogens is 1. The second kappa shape index (κ2) is 11.9. The number of hydrogen-bond acceptors (Lipinski definition) is 3. The minimum Gasteiger partial charge on any atom is -0.350 e. The monoisotopic (exact) mass is 678 g/mol. The molecule has 0 radical (unpaired) electrons. The molecule has 2 unspecified atom stereocenters. The van der Waals surface area contributed by atoms with E-state index in [2.05, 4.69) is 197 Å². The van der Waals surface area contributed by atoms with Gasteiger partial charge in [-0.3, -0.25) is 5.32 Å². The minimum absolute atomic E-state index is 0.153. The lowest BCUT2D eigenvalue weighted by molar-refractivity contribution is 0.411. The molecule has 2 N–H and O–H groups in total. The third-order valence-electron chi connectivity index (χ3n) is 11.0. The van der Waals surface area contributed by atoms with Gasteiger partial charge in [-0.2, -0.15) is 0 Å². The van der Waals surface area contributed by atoms with Crippen LogP contribution in [0.25, 0.3) is 70.6 Å². The summed E-state index contributed by atoms with van der Waals surface area (Å²) in [5, 5.41) is 20.2. The van der Waals surface area contributed by atoms with E-state index in [1.54, 1.807) is 0 Å². The molecule has 0 saturated carbocycles. The molecule has 11 rings (SSSR count). The number of amidine groups is 1. The third-order valence-corrected chi connectivity index (χ3v) is 11.0. The summed E-state index contributed by atoms with van der Waals surface area (Å²) < 4.78 is 2.47. The number of fused-ring (bicyclic) bond motifs is 11. The Kier molecular flexibility index (Phi) is 6.73. The van der Waals surface area contributed by atoms with Crippen LogP contribution in [-0.2, 0) is 0 Å². The summed E-state index contributed by atoms with van der Waals surface area (Å²) in [6, 6.07) is 65.6. The van der Waals surface area contributed by atoms with Crippen molar-refractivity contribution in [3.8, 4) is 5.69 Å². The molecule has 53 heavy (non-hydrogen) atoms. The van der Waals surface area contributed by atoms with E-state index in [0.717, 1.165) is 22.6 Å². The summed E-state index contributed by atoms with van der Waals surface area (Å²) in [7, 11) is 0. The van der Waals surface area contributed by atoms with Crippen LogP contribution < -0.4 is 10.6 Å². The molecule has 0 spiro atoms. The average molecular weight is 679 g/mol. The summed E-state index contributed by atoms with van der Waals surface area (Å²) >= 11 is 0. The molecule has 2 atom stereocenters. The first-order chi connectivity index (χ1) is 26.3. The zero-order valence-electron chi connectivity index (χ0n) is 28.9. The van der Waals surface area contributed by atoms with Gasteiger partial charge in [-0.25, -0.2) is 4.99 Å². The highest BCUT2D eigenvalue weighted by Gasteiger charge is 2.27. The Labute approximate surface area is 306 Å². The topological polar surface area (TPSA) is 41.4 Å². The molecule has 1 aromatic heterocycles. The highest BCUT2D eigenvalue weighted by Crippen LogP contribution is 2.45. The Hall–Kier alpha value is -6.75. The van der Waals surface area contributed by atoms with E-state index in [0.29, 0.717) is 0 Å². The lowest BCUT2D eigenvalue weighted by atomic mass is 9.93. The van der Waals surface area contributed by atoms with Gasteiger partial charge < -0.3 is 9.88 Å². The molecule has 2 heterocycles. The van der Waals surface area contributed by atoms with Crippen LogP contribution >= 0.6 is 0 Å². The SMILES string of the molecule is c1ccc(C2=NC(c3cccc(-n4c5ccccc5c5c6c7ccccc7ccc6c6ccccc6c54)c3)NC(c3cccc4ccccc34)N2)cc1. The summed E-state index contributed by atoms with van der Waals surface area (Å²) in [5.74, 6) is 0.874. The number of rotatable bonds is 4. The van der Waals surface area contributed by atoms with Crippen LogP contribution in [0, 0.1) is 0 Å². The van der Waals surface area contributed by atoms with Gasteiger partial charge in [0.2, 0.25) is 0 Å². The van der Waals surface area contributed by atoms with Crippen molar-refractivity contribution in [2.24, 2.45) is 4.99 Å². The summed E-state index contributed by atoms with van der Waals surface area (Å²) in [5.41, 5.74) is 6.88. The normalized spacial score (nSPS) is 16.1. The van der Waals surface area contributed by atoms with Crippen LogP contribution in [0.2, 0.25) is 0 Å². The summed E-state index contributed by atoms with van der Waals surface area (Å²) in [6.45, 7) is 0. The summed E-state index contributed by atoms with van der Waals surface area (Å²) in [6.07, 6.45) is -0.440. The molecule has 4 heteroatoms. The van der Waals surface area contributed by atoms with Gasteiger partial charge in [-0.1, -0.05) is 164 Å². The van der Waals surface area contributed by atoms with Crippen LogP contribution in [0.5, 0.6) is 0 Å². The fourth-order valence-corrected chi connectivity index (χ4v) is 8.67. The zero-order valence-corrected chi connectivity index (χ0v) is 28.9. The quantitative estimate of drug-likeness (QED) is 0.182. The van der Waals surface area contributed by atoms with Crippen molar-refractivity contribution in [3.05, 3.63) is 199 Å².